The first-order valence-electron chi connectivity index (χ1n) is 9.43. The van der Waals surface area contributed by atoms with Crippen LogP contribution in [0.5, 0.6) is 11.5 Å². The first-order valence-corrected chi connectivity index (χ1v) is 9.43. The Balaban J connectivity index is 1.67. The van der Waals surface area contributed by atoms with Gasteiger partial charge in [-0.25, -0.2) is 0 Å². The van der Waals surface area contributed by atoms with Gasteiger partial charge in [-0.15, -0.1) is 0 Å². The minimum atomic E-state index is -0.126. The van der Waals surface area contributed by atoms with Crippen molar-refractivity contribution < 1.29 is 19.1 Å². The number of methoxy groups -OCH3 is 2. The van der Waals surface area contributed by atoms with Gasteiger partial charge in [0.2, 0.25) is 0 Å². The summed E-state index contributed by atoms with van der Waals surface area (Å²) in [5.74, 6) is 0.845. The van der Waals surface area contributed by atoms with Gasteiger partial charge in [-0.1, -0.05) is 60.7 Å². The zero-order chi connectivity index (χ0) is 21.3. The molecule has 0 radical (unpaired) electrons. The van der Waals surface area contributed by atoms with Crippen molar-refractivity contribution >= 4 is 23.7 Å². The van der Waals surface area contributed by atoms with E-state index in [1.165, 1.54) is 12.2 Å². The number of para-hydroxylation sites is 2. The highest BCUT2D eigenvalue weighted by atomic mass is 16.5. The second-order valence-electron chi connectivity index (χ2n) is 6.46. The molecular weight excluding hydrogens is 376 g/mol. The Labute approximate surface area is 176 Å². The van der Waals surface area contributed by atoms with Crippen LogP contribution >= 0.6 is 0 Å². The van der Waals surface area contributed by atoms with Gasteiger partial charge in [0.25, 0.3) is 0 Å². The molecule has 0 aliphatic heterocycles. The van der Waals surface area contributed by atoms with E-state index in [2.05, 4.69) is 0 Å². The Hall–Kier alpha value is -3.92. The molecule has 3 rings (SSSR count). The maximum absolute atomic E-state index is 12.4. The SMILES string of the molecule is COc1ccccc1C(=O)/C=C/c1ccc(/C=C/C(=O)c2ccccc2OC)cc1. The van der Waals surface area contributed by atoms with Crippen molar-refractivity contribution in [3.05, 3.63) is 107 Å². The average Bonchev–Trinajstić information content (AvgIpc) is 2.81. The molecule has 0 saturated heterocycles. The van der Waals surface area contributed by atoms with Crippen LogP contribution in [-0.2, 0) is 0 Å². The Morgan fingerprint density at radius 3 is 1.33 bits per heavy atom. The van der Waals surface area contributed by atoms with Crippen molar-refractivity contribution in [2.24, 2.45) is 0 Å². The fraction of sp³-hybridized carbons (Fsp3) is 0.0769. The summed E-state index contributed by atoms with van der Waals surface area (Å²) >= 11 is 0. The number of carbonyl (C=O) groups is 2. The van der Waals surface area contributed by atoms with Gasteiger partial charge >= 0.3 is 0 Å². The molecule has 0 aliphatic rings. The number of carbonyl (C=O) groups excluding carboxylic acids is 2. The van der Waals surface area contributed by atoms with E-state index < -0.39 is 0 Å². The first kappa shape index (κ1) is 20.8. The molecule has 0 bridgehead atoms. The molecule has 4 nitrogen and oxygen atoms in total. The fourth-order valence-corrected chi connectivity index (χ4v) is 2.94. The Kier molecular flexibility index (Phi) is 6.95. The van der Waals surface area contributed by atoms with Crippen LogP contribution in [0.4, 0.5) is 0 Å². The van der Waals surface area contributed by atoms with E-state index in [1.807, 2.05) is 36.4 Å². The summed E-state index contributed by atoms with van der Waals surface area (Å²) < 4.78 is 10.5. The number of benzene rings is 3. The summed E-state index contributed by atoms with van der Waals surface area (Å²) in [6, 6.07) is 21.8. The summed E-state index contributed by atoms with van der Waals surface area (Å²) in [7, 11) is 3.08. The maximum Gasteiger partial charge on any atom is 0.189 e. The van der Waals surface area contributed by atoms with Crippen LogP contribution in [-0.4, -0.2) is 25.8 Å². The lowest BCUT2D eigenvalue weighted by molar-refractivity contribution is 0.103. The molecule has 0 saturated carbocycles. The van der Waals surface area contributed by atoms with E-state index in [9.17, 15) is 9.59 Å². The fourth-order valence-electron chi connectivity index (χ4n) is 2.94. The van der Waals surface area contributed by atoms with Crippen LogP contribution in [0, 0.1) is 0 Å². The van der Waals surface area contributed by atoms with Gasteiger partial charge in [0, 0.05) is 0 Å². The third-order valence-electron chi connectivity index (χ3n) is 4.54. The zero-order valence-electron chi connectivity index (χ0n) is 16.9. The minimum Gasteiger partial charge on any atom is -0.496 e. The Bertz CT molecular complexity index is 1000. The van der Waals surface area contributed by atoms with Crippen LogP contribution in [0.15, 0.2) is 84.9 Å². The molecule has 0 heterocycles. The van der Waals surface area contributed by atoms with Crippen LogP contribution in [0.2, 0.25) is 0 Å². The highest BCUT2D eigenvalue weighted by molar-refractivity contribution is 6.09. The lowest BCUT2D eigenvalue weighted by Crippen LogP contribution is -1.98. The van der Waals surface area contributed by atoms with Crippen molar-refractivity contribution in [2.75, 3.05) is 14.2 Å². The number of allylic oxidation sites excluding steroid dienone is 2. The third-order valence-corrected chi connectivity index (χ3v) is 4.54. The standard InChI is InChI=1S/C26H22O4/c1-29-25-9-5-3-7-21(25)23(27)17-15-19-11-13-20(14-12-19)16-18-24(28)22-8-4-6-10-26(22)30-2/h3-18H,1-2H3/b17-15+,18-16+. The van der Waals surface area contributed by atoms with Gasteiger partial charge in [0.05, 0.1) is 25.3 Å². The lowest BCUT2D eigenvalue weighted by Gasteiger charge is -2.04. The Morgan fingerprint density at radius 1 is 0.600 bits per heavy atom. The average molecular weight is 398 g/mol. The van der Waals surface area contributed by atoms with Gasteiger partial charge < -0.3 is 9.47 Å². The van der Waals surface area contributed by atoms with Crippen molar-refractivity contribution in [3.63, 3.8) is 0 Å². The second-order valence-corrected chi connectivity index (χ2v) is 6.46. The highest BCUT2D eigenvalue weighted by Crippen LogP contribution is 2.20. The zero-order valence-corrected chi connectivity index (χ0v) is 16.9. The number of rotatable bonds is 8. The molecule has 0 spiro atoms. The molecule has 30 heavy (non-hydrogen) atoms. The molecular formula is C26H22O4. The molecule has 3 aromatic carbocycles. The minimum absolute atomic E-state index is 0.126. The van der Waals surface area contributed by atoms with Crippen LogP contribution < -0.4 is 9.47 Å². The number of ether oxygens (including phenoxy) is 2. The van der Waals surface area contributed by atoms with Crippen LogP contribution in [0.3, 0.4) is 0 Å². The molecule has 150 valence electrons. The van der Waals surface area contributed by atoms with Gasteiger partial charge in [-0.05, 0) is 47.5 Å². The van der Waals surface area contributed by atoms with E-state index in [0.29, 0.717) is 22.6 Å². The van der Waals surface area contributed by atoms with E-state index in [1.54, 1.807) is 62.8 Å². The molecule has 0 unspecified atom stereocenters. The monoisotopic (exact) mass is 398 g/mol. The predicted molar refractivity (Wildman–Crippen MR) is 119 cm³/mol. The summed E-state index contributed by atoms with van der Waals surface area (Å²) in [4.78, 5) is 24.8. The predicted octanol–water partition coefficient (Wildman–Crippen LogP) is 5.50. The summed E-state index contributed by atoms with van der Waals surface area (Å²) in [6.45, 7) is 0. The summed E-state index contributed by atoms with van der Waals surface area (Å²) in [5, 5.41) is 0. The van der Waals surface area contributed by atoms with Gasteiger partial charge in [-0.3, -0.25) is 9.59 Å². The van der Waals surface area contributed by atoms with Gasteiger partial charge in [-0.2, -0.15) is 0 Å². The quantitative estimate of drug-likeness (QED) is 0.372. The largest absolute Gasteiger partial charge is 0.496 e. The molecule has 0 aromatic heterocycles. The molecule has 0 aliphatic carbocycles. The molecule has 4 heteroatoms. The van der Waals surface area contributed by atoms with Crippen LogP contribution in [0.25, 0.3) is 12.2 Å². The molecule has 0 atom stereocenters. The van der Waals surface area contributed by atoms with Crippen molar-refractivity contribution in [3.8, 4) is 11.5 Å². The Morgan fingerprint density at radius 2 is 0.967 bits per heavy atom. The summed E-state index contributed by atoms with van der Waals surface area (Å²) in [5.41, 5.74) is 2.80. The van der Waals surface area contributed by atoms with E-state index in [4.69, 9.17) is 9.47 Å². The number of ketones is 2. The lowest BCUT2D eigenvalue weighted by atomic mass is 10.1. The third kappa shape index (κ3) is 5.11. The first-order chi connectivity index (χ1) is 14.6. The smallest absolute Gasteiger partial charge is 0.189 e. The van der Waals surface area contributed by atoms with Gasteiger partial charge in [0.15, 0.2) is 11.6 Å². The molecule has 0 N–H and O–H groups in total. The van der Waals surface area contributed by atoms with E-state index in [0.717, 1.165) is 11.1 Å². The second kappa shape index (κ2) is 10.0. The number of hydrogen-bond acceptors (Lipinski definition) is 4. The topological polar surface area (TPSA) is 52.6 Å². The molecule has 3 aromatic rings. The maximum atomic E-state index is 12.4. The highest BCUT2D eigenvalue weighted by Gasteiger charge is 2.09. The van der Waals surface area contributed by atoms with Crippen LogP contribution in [0.1, 0.15) is 31.8 Å². The van der Waals surface area contributed by atoms with Crippen molar-refractivity contribution in [1.29, 1.82) is 0 Å². The molecule has 0 amide bonds. The number of hydrogen-bond donors (Lipinski definition) is 0. The van der Waals surface area contributed by atoms with E-state index in [-0.39, 0.29) is 11.6 Å². The van der Waals surface area contributed by atoms with Crippen molar-refractivity contribution in [1.82, 2.24) is 0 Å². The molecule has 0 fully saturated rings. The summed E-state index contributed by atoms with van der Waals surface area (Å²) in [6.07, 6.45) is 6.55. The van der Waals surface area contributed by atoms with E-state index >= 15 is 0 Å². The van der Waals surface area contributed by atoms with Crippen molar-refractivity contribution in [2.45, 2.75) is 0 Å². The van der Waals surface area contributed by atoms with Gasteiger partial charge in [0.1, 0.15) is 11.5 Å². The normalized spacial score (nSPS) is 11.0.